The number of rotatable bonds is 10. The van der Waals surface area contributed by atoms with E-state index in [9.17, 15) is 19.5 Å². The molecule has 176 valence electrons. The van der Waals surface area contributed by atoms with Crippen LogP contribution >= 0.6 is 11.8 Å². The third-order valence-corrected chi connectivity index (χ3v) is 6.44. The number of fused-ring (bicyclic) bond motifs is 3. The highest BCUT2D eigenvalue weighted by Crippen LogP contribution is 2.44. The van der Waals surface area contributed by atoms with Gasteiger partial charge in [0, 0.05) is 5.92 Å². The summed E-state index contributed by atoms with van der Waals surface area (Å²) in [6.07, 6.45) is 1.56. The molecule has 33 heavy (non-hydrogen) atoms. The van der Waals surface area contributed by atoms with Crippen LogP contribution in [0, 0.1) is 5.92 Å². The first kappa shape index (κ1) is 24.6. The Morgan fingerprint density at radius 1 is 1.00 bits per heavy atom. The molecule has 0 aromatic heterocycles. The van der Waals surface area contributed by atoms with Gasteiger partial charge in [0.05, 0.1) is 0 Å². The van der Waals surface area contributed by atoms with Gasteiger partial charge in [-0.05, 0) is 46.6 Å². The van der Waals surface area contributed by atoms with E-state index in [0.29, 0.717) is 12.2 Å². The first-order valence-electron chi connectivity index (χ1n) is 11.0. The number of carbonyl (C=O) groups excluding carboxylic acids is 2. The number of carboxylic acids is 1. The van der Waals surface area contributed by atoms with Crippen LogP contribution in [0.5, 0.6) is 0 Å². The maximum Gasteiger partial charge on any atom is 0.407 e. The van der Waals surface area contributed by atoms with E-state index in [2.05, 4.69) is 22.8 Å². The second-order valence-electron chi connectivity index (χ2n) is 8.37. The third-order valence-electron chi connectivity index (χ3n) is 5.79. The molecule has 3 rings (SSSR count). The van der Waals surface area contributed by atoms with E-state index in [-0.39, 0.29) is 18.4 Å². The predicted molar refractivity (Wildman–Crippen MR) is 129 cm³/mol. The van der Waals surface area contributed by atoms with Gasteiger partial charge >= 0.3 is 12.1 Å². The minimum atomic E-state index is -1.11. The first-order chi connectivity index (χ1) is 15.8. The number of carboxylic acid groups (broad SMARTS) is 1. The molecule has 1 aliphatic rings. The second-order valence-corrected chi connectivity index (χ2v) is 9.36. The highest BCUT2D eigenvalue weighted by Gasteiger charge is 2.31. The summed E-state index contributed by atoms with van der Waals surface area (Å²) in [5, 5.41) is 14.5. The molecule has 0 unspecified atom stereocenters. The van der Waals surface area contributed by atoms with Crippen molar-refractivity contribution in [2.75, 3.05) is 18.6 Å². The van der Waals surface area contributed by atoms with Crippen molar-refractivity contribution in [3.63, 3.8) is 0 Å². The summed E-state index contributed by atoms with van der Waals surface area (Å²) in [7, 11) is 0. The van der Waals surface area contributed by atoms with Gasteiger partial charge in [-0.2, -0.15) is 11.8 Å². The Labute approximate surface area is 198 Å². The highest BCUT2D eigenvalue weighted by molar-refractivity contribution is 7.98. The Morgan fingerprint density at radius 2 is 1.58 bits per heavy atom. The van der Waals surface area contributed by atoms with Crippen LogP contribution in [0.25, 0.3) is 11.1 Å². The number of amides is 2. The monoisotopic (exact) mass is 470 g/mol. The molecule has 0 spiro atoms. The van der Waals surface area contributed by atoms with Gasteiger partial charge in [0.25, 0.3) is 0 Å². The lowest BCUT2D eigenvalue weighted by Crippen LogP contribution is -2.53. The minimum Gasteiger partial charge on any atom is -0.480 e. The molecular formula is C25H30N2O5S. The van der Waals surface area contributed by atoms with E-state index in [1.54, 1.807) is 13.8 Å². The number of hydrogen-bond acceptors (Lipinski definition) is 5. The van der Waals surface area contributed by atoms with Crippen LogP contribution in [0.3, 0.4) is 0 Å². The second kappa shape index (κ2) is 11.2. The number of thioether (sulfide) groups is 1. The van der Waals surface area contributed by atoms with Crippen molar-refractivity contribution in [1.29, 1.82) is 0 Å². The molecule has 0 bridgehead atoms. The van der Waals surface area contributed by atoms with Gasteiger partial charge in [0.15, 0.2) is 0 Å². The van der Waals surface area contributed by atoms with Crippen LogP contribution in [-0.4, -0.2) is 53.8 Å². The van der Waals surface area contributed by atoms with Gasteiger partial charge in [0.2, 0.25) is 5.91 Å². The highest BCUT2D eigenvalue weighted by atomic mass is 32.2. The molecule has 0 aliphatic heterocycles. The summed E-state index contributed by atoms with van der Waals surface area (Å²) >= 11 is 1.54. The van der Waals surface area contributed by atoms with Crippen molar-refractivity contribution in [1.82, 2.24) is 10.6 Å². The van der Waals surface area contributed by atoms with Crippen molar-refractivity contribution >= 4 is 29.7 Å². The maximum atomic E-state index is 12.7. The number of alkyl carbamates (subject to hydrolysis) is 1. The fraction of sp³-hybridized carbons (Fsp3) is 0.400. The van der Waals surface area contributed by atoms with Gasteiger partial charge < -0.3 is 20.5 Å². The van der Waals surface area contributed by atoms with Gasteiger partial charge in [-0.3, -0.25) is 4.79 Å². The fourth-order valence-corrected chi connectivity index (χ4v) is 4.53. The van der Waals surface area contributed by atoms with Crippen LogP contribution in [0.4, 0.5) is 4.79 Å². The normalized spacial score (nSPS) is 14.2. The third kappa shape index (κ3) is 5.87. The average Bonchev–Trinajstić information content (AvgIpc) is 3.12. The molecule has 2 aromatic rings. The molecule has 0 saturated heterocycles. The summed E-state index contributed by atoms with van der Waals surface area (Å²) in [6.45, 7) is 3.57. The molecule has 0 saturated carbocycles. The zero-order valence-corrected chi connectivity index (χ0v) is 19.9. The van der Waals surface area contributed by atoms with E-state index in [1.807, 2.05) is 42.7 Å². The van der Waals surface area contributed by atoms with Crippen molar-refractivity contribution in [2.45, 2.75) is 38.3 Å². The fourth-order valence-electron chi connectivity index (χ4n) is 4.05. The van der Waals surface area contributed by atoms with Crippen molar-refractivity contribution in [2.24, 2.45) is 5.92 Å². The van der Waals surface area contributed by atoms with Crippen molar-refractivity contribution in [3.05, 3.63) is 59.7 Å². The van der Waals surface area contributed by atoms with E-state index >= 15 is 0 Å². The van der Waals surface area contributed by atoms with Gasteiger partial charge in [-0.25, -0.2) is 9.59 Å². The SMILES string of the molecule is CSCC[C@@H](NC(=O)OCC1c2ccccc2-c2ccccc21)C(=O)N[C@@H](C(=O)O)C(C)C. The smallest absolute Gasteiger partial charge is 0.407 e. The maximum absolute atomic E-state index is 12.7. The van der Waals surface area contributed by atoms with Crippen LogP contribution in [0.1, 0.15) is 37.3 Å². The Morgan fingerprint density at radius 3 is 2.09 bits per heavy atom. The molecular weight excluding hydrogens is 440 g/mol. The zero-order valence-electron chi connectivity index (χ0n) is 19.0. The molecule has 8 heteroatoms. The van der Waals surface area contributed by atoms with E-state index in [4.69, 9.17) is 4.74 Å². The molecule has 2 atom stereocenters. The topological polar surface area (TPSA) is 105 Å². The molecule has 2 aromatic carbocycles. The Hall–Kier alpha value is -3.00. The Balaban J connectivity index is 1.66. The van der Waals surface area contributed by atoms with Crippen LogP contribution in [0.15, 0.2) is 48.5 Å². The number of aliphatic carboxylic acids is 1. The first-order valence-corrected chi connectivity index (χ1v) is 12.4. The zero-order chi connectivity index (χ0) is 24.0. The molecule has 1 aliphatic carbocycles. The molecule has 0 heterocycles. The van der Waals surface area contributed by atoms with E-state index < -0.39 is 30.1 Å². The van der Waals surface area contributed by atoms with E-state index in [0.717, 1.165) is 22.3 Å². The summed E-state index contributed by atoms with van der Waals surface area (Å²) in [5.41, 5.74) is 4.47. The molecule has 7 nitrogen and oxygen atoms in total. The number of hydrogen-bond donors (Lipinski definition) is 3. The van der Waals surface area contributed by atoms with Gasteiger partial charge in [-0.15, -0.1) is 0 Å². The lowest BCUT2D eigenvalue weighted by molar-refractivity contribution is -0.143. The summed E-state index contributed by atoms with van der Waals surface area (Å²) < 4.78 is 5.55. The van der Waals surface area contributed by atoms with E-state index in [1.165, 1.54) is 11.8 Å². The minimum absolute atomic E-state index is 0.0843. The predicted octanol–water partition coefficient (Wildman–Crippen LogP) is 3.87. The lowest BCUT2D eigenvalue weighted by atomic mass is 9.98. The van der Waals surface area contributed by atoms with Gasteiger partial charge in [-0.1, -0.05) is 62.4 Å². The molecule has 2 amide bonds. The van der Waals surface area contributed by atoms with Crippen molar-refractivity contribution < 1.29 is 24.2 Å². The molecule has 0 fully saturated rings. The van der Waals surface area contributed by atoms with Crippen LogP contribution < -0.4 is 10.6 Å². The number of benzene rings is 2. The van der Waals surface area contributed by atoms with Crippen molar-refractivity contribution in [3.8, 4) is 11.1 Å². The number of ether oxygens (including phenoxy) is 1. The van der Waals surface area contributed by atoms with Crippen LogP contribution in [0.2, 0.25) is 0 Å². The number of carbonyl (C=O) groups is 3. The summed E-state index contributed by atoms with van der Waals surface area (Å²) in [5.74, 6) is -1.39. The summed E-state index contributed by atoms with van der Waals surface area (Å²) in [6, 6.07) is 14.2. The summed E-state index contributed by atoms with van der Waals surface area (Å²) in [4.78, 5) is 36.8. The quantitative estimate of drug-likeness (QED) is 0.487. The lowest BCUT2D eigenvalue weighted by Gasteiger charge is -2.23. The Bertz CT molecular complexity index is 964. The molecule has 0 radical (unpaired) electrons. The average molecular weight is 471 g/mol. The largest absolute Gasteiger partial charge is 0.480 e. The number of nitrogens with one attached hydrogen (secondary N) is 2. The van der Waals surface area contributed by atoms with Gasteiger partial charge in [0.1, 0.15) is 18.7 Å². The Kier molecular flexibility index (Phi) is 8.38. The van der Waals surface area contributed by atoms with Crippen LogP contribution in [-0.2, 0) is 14.3 Å². The standard InChI is InChI=1S/C25H30N2O5S/c1-15(2)22(24(29)30)27-23(28)21(12-13-33-3)26-25(31)32-14-20-18-10-6-4-8-16(18)17-9-5-7-11-19(17)20/h4-11,15,20-22H,12-14H2,1-3H3,(H,26,31)(H,27,28)(H,29,30)/t21-,22-/m1/s1. The molecule has 3 N–H and O–H groups in total.